The van der Waals surface area contributed by atoms with Crippen molar-refractivity contribution in [3.05, 3.63) is 59.7 Å². The molecule has 0 aromatic heterocycles. The van der Waals surface area contributed by atoms with Crippen LogP contribution < -0.4 is 20.7 Å². The molecule has 2 rings (SSSR count). The average molecular weight is 327 g/mol. The fraction of sp³-hybridized carbons (Fsp3) is 0.222. The Kier molecular flexibility index (Phi) is 6.19. The molecule has 126 valence electrons. The Morgan fingerprint density at radius 2 is 1.62 bits per heavy atom. The van der Waals surface area contributed by atoms with Gasteiger partial charge in [0.1, 0.15) is 5.75 Å². The summed E-state index contributed by atoms with van der Waals surface area (Å²) in [6.07, 6.45) is 0. The monoisotopic (exact) mass is 327 g/mol. The highest BCUT2D eigenvalue weighted by Gasteiger charge is 2.05. The van der Waals surface area contributed by atoms with Crippen LogP contribution in [-0.4, -0.2) is 19.0 Å². The van der Waals surface area contributed by atoms with Gasteiger partial charge in [-0.1, -0.05) is 30.3 Å². The van der Waals surface area contributed by atoms with Gasteiger partial charge in [-0.3, -0.25) is 4.79 Å². The molecule has 2 aromatic rings. The topological polar surface area (TPSA) is 79.5 Å². The van der Waals surface area contributed by atoms with E-state index in [1.807, 2.05) is 36.4 Å². The zero-order valence-corrected chi connectivity index (χ0v) is 13.8. The molecule has 0 saturated heterocycles. The standard InChI is InChI=1S/C18H21N3O3/c1-13(22)21-16-9-7-14(8-10-16)11-19-18(23)20-12-15-5-3-4-6-17(15)24-2/h3-10H,11-12H2,1-2H3,(H,21,22)(H2,19,20,23). The van der Waals surface area contributed by atoms with Crippen molar-refractivity contribution in [1.29, 1.82) is 0 Å². The lowest BCUT2D eigenvalue weighted by Gasteiger charge is -2.11. The third-order valence-corrected chi connectivity index (χ3v) is 3.36. The van der Waals surface area contributed by atoms with E-state index in [0.29, 0.717) is 13.1 Å². The number of rotatable bonds is 6. The molecule has 3 N–H and O–H groups in total. The number of hydrogen-bond acceptors (Lipinski definition) is 3. The van der Waals surface area contributed by atoms with Crippen molar-refractivity contribution in [1.82, 2.24) is 10.6 Å². The molecule has 0 atom stereocenters. The number of benzene rings is 2. The summed E-state index contributed by atoms with van der Waals surface area (Å²) in [7, 11) is 1.60. The molecule has 0 aliphatic rings. The second-order valence-corrected chi connectivity index (χ2v) is 5.23. The van der Waals surface area contributed by atoms with Gasteiger partial charge in [-0.2, -0.15) is 0 Å². The quantitative estimate of drug-likeness (QED) is 0.763. The van der Waals surface area contributed by atoms with E-state index in [1.165, 1.54) is 6.92 Å². The number of carbonyl (C=O) groups is 2. The Labute approximate surface area is 141 Å². The zero-order chi connectivity index (χ0) is 17.4. The van der Waals surface area contributed by atoms with E-state index in [0.717, 1.165) is 22.6 Å². The molecule has 24 heavy (non-hydrogen) atoms. The first-order chi connectivity index (χ1) is 11.6. The van der Waals surface area contributed by atoms with Crippen LogP contribution in [-0.2, 0) is 17.9 Å². The highest BCUT2D eigenvalue weighted by molar-refractivity contribution is 5.88. The highest BCUT2D eigenvalue weighted by Crippen LogP contribution is 2.16. The number of methoxy groups -OCH3 is 1. The molecule has 0 unspecified atom stereocenters. The van der Waals surface area contributed by atoms with Crippen LogP contribution in [0.15, 0.2) is 48.5 Å². The summed E-state index contributed by atoms with van der Waals surface area (Å²) < 4.78 is 5.24. The molecule has 0 spiro atoms. The fourth-order valence-corrected chi connectivity index (χ4v) is 2.18. The van der Waals surface area contributed by atoms with Crippen molar-refractivity contribution >= 4 is 17.6 Å². The van der Waals surface area contributed by atoms with Crippen molar-refractivity contribution < 1.29 is 14.3 Å². The van der Waals surface area contributed by atoms with E-state index in [9.17, 15) is 9.59 Å². The van der Waals surface area contributed by atoms with Gasteiger partial charge in [0.05, 0.1) is 7.11 Å². The Morgan fingerprint density at radius 1 is 0.958 bits per heavy atom. The molecule has 6 nitrogen and oxygen atoms in total. The maximum absolute atomic E-state index is 11.9. The number of hydrogen-bond donors (Lipinski definition) is 3. The summed E-state index contributed by atoms with van der Waals surface area (Å²) in [5, 5.41) is 8.28. The smallest absolute Gasteiger partial charge is 0.315 e. The predicted molar refractivity (Wildman–Crippen MR) is 92.8 cm³/mol. The van der Waals surface area contributed by atoms with Gasteiger partial charge in [-0.05, 0) is 23.8 Å². The van der Waals surface area contributed by atoms with Crippen molar-refractivity contribution in [2.75, 3.05) is 12.4 Å². The number of ether oxygens (including phenoxy) is 1. The Balaban J connectivity index is 1.79. The van der Waals surface area contributed by atoms with E-state index >= 15 is 0 Å². The number of amides is 3. The first-order valence-corrected chi connectivity index (χ1v) is 7.58. The Morgan fingerprint density at radius 3 is 2.29 bits per heavy atom. The van der Waals surface area contributed by atoms with Gasteiger partial charge in [0.2, 0.25) is 5.91 Å². The highest BCUT2D eigenvalue weighted by atomic mass is 16.5. The van der Waals surface area contributed by atoms with Gasteiger partial charge in [0.15, 0.2) is 0 Å². The zero-order valence-electron chi connectivity index (χ0n) is 13.8. The average Bonchev–Trinajstić information content (AvgIpc) is 2.59. The molecule has 0 radical (unpaired) electrons. The molecule has 0 bridgehead atoms. The number of carbonyl (C=O) groups excluding carboxylic acids is 2. The van der Waals surface area contributed by atoms with Crippen LogP contribution in [0.4, 0.5) is 10.5 Å². The lowest BCUT2D eigenvalue weighted by Crippen LogP contribution is -2.34. The lowest BCUT2D eigenvalue weighted by atomic mass is 10.2. The number of nitrogens with one attached hydrogen (secondary N) is 3. The maximum atomic E-state index is 11.9. The van der Waals surface area contributed by atoms with Crippen LogP contribution in [0.1, 0.15) is 18.1 Å². The van der Waals surface area contributed by atoms with Crippen molar-refractivity contribution in [2.45, 2.75) is 20.0 Å². The maximum Gasteiger partial charge on any atom is 0.315 e. The van der Waals surface area contributed by atoms with E-state index < -0.39 is 0 Å². The van der Waals surface area contributed by atoms with Crippen molar-refractivity contribution in [2.24, 2.45) is 0 Å². The molecule has 0 fully saturated rings. The molecule has 6 heteroatoms. The lowest BCUT2D eigenvalue weighted by molar-refractivity contribution is -0.114. The van der Waals surface area contributed by atoms with E-state index in [2.05, 4.69) is 16.0 Å². The third kappa shape index (κ3) is 5.31. The molecule has 0 saturated carbocycles. The first-order valence-electron chi connectivity index (χ1n) is 7.58. The van der Waals surface area contributed by atoms with Gasteiger partial charge < -0.3 is 20.7 Å². The molecular weight excluding hydrogens is 306 g/mol. The number of anilines is 1. The number of para-hydroxylation sites is 1. The van der Waals surface area contributed by atoms with Crippen molar-refractivity contribution in [3.8, 4) is 5.75 Å². The van der Waals surface area contributed by atoms with E-state index in [4.69, 9.17) is 4.74 Å². The van der Waals surface area contributed by atoms with Gasteiger partial charge >= 0.3 is 6.03 Å². The molecule has 0 heterocycles. The minimum Gasteiger partial charge on any atom is -0.496 e. The van der Waals surface area contributed by atoms with Gasteiger partial charge in [-0.25, -0.2) is 4.79 Å². The molecule has 3 amide bonds. The largest absolute Gasteiger partial charge is 0.496 e. The second-order valence-electron chi connectivity index (χ2n) is 5.23. The van der Waals surface area contributed by atoms with E-state index in [1.54, 1.807) is 19.2 Å². The molecule has 0 aliphatic heterocycles. The Bertz CT molecular complexity index is 699. The summed E-state index contributed by atoms with van der Waals surface area (Å²) in [5.41, 5.74) is 2.58. The van der Waals surface area contributed by atoms with Gasteiger partial charge in [0, 0.05) is 31.3 Å². The Hall–Kier alpha value is -3.02. The predicted octanol–water partition coefficient (Wildman–Crippen LogP) is 2.65. The fourth-order valence-electron chi connectivity index (χ4n) is 2.18. The number of urea groups is 1. The van der Waals surface area contributed by atoms with Gasteiger partial charge in [-0.15, -0.1) is 0 Å². The van der Waals surface area contributed by atoms with Crippen LogP contribution in [0.3, 0.4) is 0 Å². The molecule has 2 aromatic carbocycles. The van der Waals surface area contributed by atoms with Crippen LogP contribution in [0, 0.1) is 0 Å². The second kappa shape index (κ2) is 8.57. The minimum absolute atomic E-state index is 0.114. The van der Waals surface area contributed by atoms with Crippen LogP contribution in [0.5, 0.6) is 5.75 Å². The van der Waals surface area contributed by atoms with Crippen molar-refractivity contribution in [3.63, 3.8) is 0 Å². The summed E-state index contributed by atoms with van der Waals surface area (Å²) >= 11 is 0. The SMILES string of the molecule is COc1ccccc1CNC(=O)NCc1ccc(NC(C)=O)cc1. The van der Waals surface area contributed by atoms with Gasteiger partial charge in [0.25, 0.3) is 0 Å². The van der Waals surface area contributed by atoms with E-state index in [-0.39, 0.29) is 11.9 Å². The minimum atomic E-state index is -0.258. The first kappa shape index (κ1) is 17.3. The van der Waals surface area contributed by atoms with Crippen LogP contribution in [0.2, 0.25) is 0 Å². The summed E-state index contributed by atoms with van der Waals surface area (Å²) in [6.45, 7) is 2.25. The van der Waals surface area contributed by atoms with Crippen LogP contribution >= 0.6 is 0 Å². The summed E-state index contributed by atoms with van der Waals surface area (Å²) in [6, 6.07) is 14.6. The summed E-state index contributed by atoms with van der Waals surface area (Å²) in [5.74, 6) is 0.628. The molecule has 0 aliphatic carbocycles. The third-order valence-electron chi connectivity index (χ3n) is 3.36. The summed E-state index contributed by atoms with van der Waals surface area (Å²) in [4.78, 5) is 22.8. The normalized spacial score (nSPS) is 9.92. The molecular formula is C18H21N3O3. The van der Waals surface area contributed by atoms with Crippen LogP contribution in [0.25, 0.3) is 0 Å².